The number of ether oxygens (including phenoxy) is 1. The van der Waals surface area contributed by atoms with Crippen LogP contribution in [0.4, 0.5) is 4.39 Å². The number of methoxy groups -OCH3 is 1. The molecule has 2 heterocycles. The Hall–Kier alpha value is -3.19. The summed E-state index contributed by atoms with van der Waals surface area (Å²) in [6.07, 6.45) is 0.670. The number of rotatable bonds is 6. The van der Waals surface area contributed by atoms with Crippen molar-refractivity contribution >= 4 is 5.91 Å². The summed E-state index contributed by atoms with van der Waals surface area (Å²) < 4.78 is 18.6. The number of phenols is 1. The minimum Gasteiger partial charge on any atom is -0.507 e. The number of hydrogen-bond acceptors (Lipinski definition) is 4. The van der Waals surface area contributed by atoms with Crippen LogP contribution >= 0.6 is 0 Å². The van der Waals surface area contributed by atoms with Crippen molar-refractivity contribution in [3.63, 3.8) is 0 Å². The summed E-state index contributed by atoms with van der Waals surface area (Å²) in [6.45, 7) is 1.01. The summed E-state index contributed by atoms with van der Waals surface area (Å²) in [5, 5.41) is 17.4. The average molecular weight is 381 g/mol. The molecule has 4 rings (SSSR count). The third-order valence-electron chi connectivity index (χ3n) is 4.96. The van der Waals surface area contributed by atoms with Gasteiger partial charge in [0.15, 0.2) is 0 Å². The zero-order valence-electron chi connectivity index (χ0n) is 15.4. The number of halogens is 1. The van der Waals surface area contributed by atoms with Gasteiger partial charge in [-0.1, -0.05) is 24.3 Å². The fourth-order valence-electron chi connectivity index (χ4n) is 3.68. The van der Waals surface area contributed by atoms with Gasteiger partial charge >= 0.3 is 0 Å². The van der Waals surface area contributed by atoms with Crippen molar-refractivity contribution in [1.29, 1.82) is 0 Å². The van der Waals surface area contributed by atoms with Gasteiger partial charge in [-0.25, -0.2) is 4.39 Å². The zero-order valence-corrected chi connectivity index (χ0v) is 15.4. The topological polar surface area (TPSA) is 78.5 Å². The van der Waals surface area contributed by atoms with Crippen molar-refractivity contribution in [3.05, 3.63) is 71.2 Å². The number of phenolic OH excluding ortho intramolecular Hbond substituents is 1. The molecule has 2 aromatic carbocycles. The van der Waals surface area contributed by atoms with Crippen LogP contribution in [0, 0.1) is 5.82 Å². The monoisotopic (exact) mass is 381 g/mol. The molecule has 3 aromatic rings. The van der Waals surface area contributed by atoms with E-state index in [1.54, 1.807) is 48.4 Å². The van der Waals surface area contributed by atoms with Crippen molar-refractivity contribution in [1.82, 2.24) is 15.1 Å². The minimum atomic E-state index is -0.423. The second kappa shape index (κ2) is 7.44. The number of hydrogen-bond donors (Lipinski definition) is 2. The molecule has 0 saturated carbocycles. The number of benzene rings is 2. The number of aromatic nitrogens is 2. The Morgan fingerprint density at radius 1 is 1.21 bits per heavy atom. The molecule has 1 aromatic heterocycles. The van der Waals surface area contributed by atoms with Crippen LogP contribution < -0.4 is 0 Å². The maximum Gasteiger partial charge on any atom is 0.273 e. The molecule has 0 saturated heterocycles. The molecule has 144 valence electrons. The van der Waals surface area contributed by atoms with Crippen LogP contribution in [-0.2, 0) is 4.74 Å². The van der Waals surface area contributed by atoms with Crippen molar-refractivity contribution < 1.29 is 19.0 Å². The molecule has 0 bridgehead atoms. The highest BCUT2D eigenvalue weighted by Gasteiger charge is 2.42. The molecular formula is C21H20FN3O3. The molecule has 1 amide bonds. The molecule has 1 aliphatic heterocycles. The smallest absolute Gasteiger partial charge is 0.273 e. The Bertz CT molecular complexity index is 1000. The van der Waals surface area contributed by atoms with Crippen molar-refractivity contribution in [2.24, 2.45) is 0 Å². The van der Waals surface area contributed by atoms with Gasteiger partial charge in [-0.15, -0.1) is 0 Å². The molecular weight excluding hydrogens is 361 g/mol. The van der Waals surface area contributed by atoms with Gasteiger partial charge in [0.25, 0.3) is 5.91 Å². The largest absolute Gasteiger partial charge is 0.507 e. The van der Waals surface area contributed by atoms with Crippen LogP contribution in [0.2, 0.25) is 0 Å². The Kier molecular flexibility index (Phi) is 4.83. The van der Waals surface area contributed by atoms with E-state index in [0.717, 1.165) is 5.56 Å². The number of carbonyl (C=O) groups excluding carboxylic acids is 1. The highest BCUT2D eigenvalue weighted by Crippen LogP contribution is 2.44. The quantitative estimate of drug-likeness (QED) is 0.641. The van der Waals surface area contributed by atoms with Gasteiger partial charge in [0.1, 0.15) is 23.0 Å². The van der Waals surface area contributed by atoms with Crippen molar-refractivity contribution in [3.8, 4) is 17.0 Å². The lowest BCUT2D eigenvalue weighted by Crippen LogP contribution is -2.31. The fourth-order valence-corrected chi connectivity index (χ4v) is 3.68. The van der Waals surface area contributed by atoms with E-state index in [0.29, 0.717) is 42.1 Å². The first-order valence-corrected chi connectivity index (χ1v) is 9.03. The van der Waals surface area contributed by atoms with E-state index in [2.05, 4.69) is 10.2 Å². The van der Waals surface area contributed by atoms with Crippen LogP contribution in [0.5, 0.6) is 5.75 Å². The molecule has 0 aliphatic carbocycles. The Morgan fingerprint density at radius 2 is 1.96 bits per heavy atom. The number of H-pyrrole nitrogens is 1. The number of amides is 1. The molecule has 2 N–H and O–H groups in total. The van der Waals surface area contributed by atoms with E-state index in [-0.39, 0.29) is 17.5 Å². The first-order chi connectivity index (χ1) is 13.6. The number of fused-ring (bicyclic) bond motifs is 1. The average Bonchev–Trinajstić information content (AvgIpc) is 3.23. The van der Waals surface area contributed by atoms with E-state index >= 15 is 0 Å². The SMILES string of the molecule is COCCCN1C(=O)c2[nH]nc(-c3ccccc3O)c2[C@H]1c1ccc(F)cc1. The van der Waals surface area contributed by atoms with Crippen LogP contribution in [0.3, 0.4) is 0 Å². The zero-order chi connectivity index (χ0) is 19.7. The van der Waals surface area contributed by atoms with Crippen LogP contribution in [0.15, 0.2) is 48.5 Å². The molecule has 0 spiro atoms. The number of aromatic amines is 1. The second-order valence-electron chi connectivity index (χ2n) is 6.68. The molecule has 7 heteroatoms. The van der Waals surface area contributed by atoms with Crippen molar-refractivity contribution in [2.75, 3.05) is 20.3 Å². The van der Waals surface area contributed by atoms with Crippen LogP contribution in [-0.4, -0.2) is 46.4 Å². The normalized spacial score (nSPS) is 15.9. The number of para-hydroxylation sites is 1. The summed E-state index contributed by atoms with van der Waals surface area (Å²) in [4.78, 5) is 14.8. The predicted octanol–water partition coefficient (Wildman–Crippen LogP) is 3.50. The highest BCUT2D eigenvalue weighted by molar-refractivity contribution is 6.00. The van der Waals surface area contributed by atoms with E-state index in [1.165, 1.54) is 12.1 Å². The first kappa shape index (κ1) is 18.2. The minimum absolute atomic E-state index is 0.0833. The number of nitrogens with zero attached hydrogens (tertiary/aromatic N) is 2. The van der Waals surface area contributed by atoms with Gasteiger partial charge in [0.2, 0.25) is 0 Å². The van der Waals surface area contributed by atoms with Gasteiger partial charge in [-0.05, 0) is 36.2 Å². The summed E-state index contributed by atoms with van der Waals surface area (Å²) in [6, 6.07) is 12.5. The van der Waals surface area contributed by atoms with Crippen LogP contribution in [0.25, 0.3) is 11.3 Å². The summed E-state index contributed by atoms with van der Waals surface area (Å²) in [7, 11) is 1.62. The second-order valence-corrected chi connectivity index (χ2v) is 6.68. The van der Waals surface area contributed by atoms with Crippen LogP contribution in [0.1, 0.15) is 34.1 Å². The maximum absolute atomic E-state index is 13.5. The van der Waals surface area contributed by atoms with Gasteiger partial charge in [0.05, 0.1) is 6.04 Å². The maximum atomic E-state index is 13.5. The van der Waals surface area contributed by atoms with Gasteiger partial charge < -0.3 is 14.7 Å². The standard InChI is InChI=1S/C21H20FN3O3/c1-28-12-4-11-25-20(13-7-9-14(22)10-8-13)17-18(23-24-19(17)21(25)27)15-5-2-3-6-16(15)26/h2-3,5-10,20,26H,4,11-12H2,1H3,(H,23,24)/t20-/m1/s1. The molecule has 1 atom stereocenters. The lowest BCUT2D eigenvalue weighted by molar-refractivity contribution is 0.0723. The van der Waals surface area contributed by atoms with Gasteiger partial charge in [-0.2, -0.15) is 5.10 Å². The van der Waals surface area contributed by atoms with Gasteiger partial charge in [0, 0.05) is 31.4 Å². The molecule has 6 nitrogen and oxygen atoms in total. The van der Waals surface area contributed by atoms with E-state index in [1.807, 2.05) is 0 Å². The number of nitrogens with one attached hydrogen (secondary N) is 1. The number of aromatic hydroxyl groups is 1. The van der Waals surface area contributed by atoms with E-state index in [9.17, 15) is 14.3 Å². The third-order valence-corrected chi connectivity index (χ3v) is 4.96. The van der Waals surface area contributed by atoms with E-state index < -0.39 is 6.04 Å². The Morgan fingerprint density at radius 3 is 2.68 bits per heavy atom. The lowest BCUT2D eigenvalue weighted by Gasteiger charge is -2.26. The van der Waals surface area contributed by atoms with Crippen molar-refractivity contribution in [2.45, 2.75) is 12.5 Å². The van der Waals surface area contributed by atoms with E-state index in [4.69, 9.17) is 4.74 Å². The molecule has 0 unspecified atom stereocenters. The first-order valence-electron chi connectivity index (χ1n) is 9.03. The Balaban J connectivity index is 1.83. The van der Waals surface area contributed by atoms with Gasteiger partial charge in [-0.3, -0.25) is 9.89 Å². The lowest BCUT2D eigenvalue weighted by atomic mass is 9.95. The predicted molar refractivity (Wildman–Crippen MR) is 101 cm³/mol. The molecule has 1 aliphatic rings. The highest BCUT2D eigenvalue weighted by atomic mass is 19.1. The summed E-state index contributed by atoms with van der Waals surface area (Å²) >= 11 is 0. The number of carbonyl (C=O) groups is 1. The molecule has 28 heavy (non-hydrogen) atoms. The Labute approximate surface area is 161 Å². The molecule has 0 radical (unpaired) electrons. The molecule has 0 fully saturated rings. The third kappa shape index (κ3) is 3.03. The summed E-state index contributed by atoms with van der Waals surface area (Å²) in [5.41, 5.74) is 2.92. The summed E-state index contributed by atoms with van der Waals surface area (Å²) in [5.74, 6) is -0.429. The fraction of sp³-hybridized carbons (Fsp3) is 0.238.